The Bertz CT molecular complexity index is 668. The third-order valence-corrected chi connectivity index (χ3v) is 9.43. The number of piperidine rings is 1. The Morgan fingerprint density at radius 1 is 0.968 bits per heavy atom. The van der Waals surface area contributed by atoms with E-state index in [1.54, 1.807) is 0 Å². The molecule has 0 aromatic carbocycles. The molecule has 0 radical (unpaired) electrons. The maximum atomic E-state index is 13.2. The van der Waals surface area contributed by atoms with Crippen molar-refractivity contribution in [2.24, 2.45) is 29.1 Å². The highest BCUT2D eigenvalue weighted by molar-refractivity contribution is 5.80. The van der Waals surface area contributed by atoms with E-state index in [0.29, 0.717) is 35.7 Å². The van der Waals surface area contributed by atoms with Gasteiger partial charge in [-0.25, -0.2) is 0 Å². The first-order valence-electron chi connectivity index (χ1n) is 12.9. The van der Waals surface area contributed by atoms with Crippen LogP contribution in [-0.4, -0.2) is 52.5 Å². The second-order valence-electron chi connectivity index (χ2n) is 12.8. The Morgan fingerprint density at radius 2 is 1.52 bits per heavy atom. The summed E-state index contributed by atoms with van der Waals surface area (Å²) in [6.07, 6.45) is 14.4. The molecule has 31 heavy (non-hydrogen) atoms. The van der Waals surface area contributed by atoms with E-state index in [2.05, 4.69) is 10.2 Å². The molecule has 0 spiro atoms. The molecule has 5 heteroatoms. The van der Waals surface area contributed by atoms with Crippen molar-refractivity contribution in [1.29, 1.82) is 0 Å². The smallest absolute Gasteiger partial charge is 0.234 e. The van der Waals surface area contributed by atoms with Crippen molar-refractivity contribution in [3.8, 4) is 0 Å². The Labute approximate surface area is 187 Å². The summed E-state index contributed by atoms with van der Waals surface area (Å²) in [5.74, 6) is 3.79. The number of carbonyl (C=O) groups is 2. The number of aliphatic hydroxyl groups excluding tert-OH is 1. The zero-order chi connectivity index (χ0) is 21.8. The van der Waals surface area contributed by atoms with Gasteiger partial charge >= 0.3 is 0 Å². The summed E-state index contributed by atoms with van der Waals surface area (Å²) >= 11 is 0. The fourth-order valence-corrected chi connectivity index (χ4v) is 8.75. The molecule has 6 aliphatic rings. The minimum atomic E-state index is -0.571. The minimum absolute atomic E-state index is 0.00675. The third-order valence-electron chi connectivity index (χ3n) is 9.43. The monoisotopic (exact) mass is 430 g/mol. The first kappa shape index (κ1) is 21.9. The molecule has 6 rings (SSSR count). The first-order chi connectivity index (χ1) is 14.7. The van der Waals surface area contributed by atoms with Gasteiger partial charge in [0.05, 0.1) is 18.7 Å². The van der Waals surface area contributed by atoms with Crippen LogP contribution in [0.15, 0.2) is 0 Å². The van der Waals surface area contributed by atoms with Crippen molar-refractivity contribution in [1.82, 2.24) is 10.2 Å². The van der Waals surface area contributed by atoms with Crippen LogP contribution in [0.25, 0.3) is 0 Å². The summed E-state index contributed by atoms with van der Waals surface area (Å²) < 4.78 is 0. The summed E-state index contributed by atoms with van der Waals surface area (Å²) in [6.45, 7) is 4.06. The van der Waals surface area contributed by atoms with Crippen LogP contribution in [0.5, 0.6) is 0 Å². The van der Waals surface area contributed by atoms with E-state index in [1.165, 1.54) is 38.5 Å². The highest BCUT2D eigenvalue weighted by atomic mass is 16.3. The molecule has 3 atom stereocenters. The Kier molecular flexibility index (Phi) is 5.74. The Balaban J connectivity index is 1.13. The number of carbonyl (C=O) groups excluding carboxylic acids is 2. The standard InChI is InChI=1S/C26H42N2O3/c1-25(2,16-29)27-24(31)15-28-21-3-4-22(28)9-17(8-21)10-23(30)14-26-11-18-5-19(12-26)7-20(6-18)13-26/h17-22,29H,3-16H2,1-2H3,(H,27,31)/t17?,18?,19?,20?,21-,22+,26?. The summed E-state index contributed by atoms with van der Waals surface area (Å²) in [5, 5.41) is 12.4. The molecule has 2 aliphatic heterocycles. The van der Waals surface area contributed by atoms with Crippen molar-refractivity contribution in [3.05, 3.63) is 0 Å². The molecule has 6 bridgehead atoms. The molecule has 1 amide bonds. The second kappa shape index (κ2) is 8.13. The van der Waals surface area contributed by atoms with Crippen molar-refractivity contribution in [3.63, 3.8) is 0 Å². The van der Waals surface area contributed by atoms with Crippen LogP contribution in [0.2, 0.25) is 0 Å². The zero-order valence-corrected chi connectivity index (χ0v) is 19.6. The second-order valence-corrected chi connectivity index (χ2v) is 12.8. The molecule has 174 valence electrons. The Hall–Kier alpha value is -0.940. The van der Waals surface area contributed by atoms with Gasteiger partial charge in [0.1, 0.15) is 5.78 Å². The average molecular weight is 431 g/mol. The van der Waals surface area contributed by atoms with E-state index in [9.17, 15) is 14.7 Å². The van der Waals surface area contributed by atoms with Crippen LogP contribution >= 0.6 is 0 Å². The van der Waals surface area contributed by atoms with Gasteiger partial charge in [0, 0.05) is 24.9 Å². The number of nitrogens with zero attached hydrogens (tertiary/aromatic N) is 1. The van der Waals surface area contributed by atoms with Crippen LogP contribution in [0.1, 0.15) is 90.9 Å². The van der Waals surface area contributed by atoms with Crippen molar-refractivity contribution in [2.75, 3.05) is 13.2 Å². The van der Waals surface area contributed by atoms with Gasteiger partial charge in [-0.2, -0.15) is 0 Å². The molecule has 2 saturated heterocycles. The van der Waals surface area contributed by atoms with Gasteiger partial charge in [-0.05, 0) is 107 Å². The number of ketones is 1. The van der Waals surface area contributed by atoms with Crippen molar-refractivity contribution >= 4 is 11.7 Å². The fourth-order valence-electron chi connectivity index (χ4n) is 8.75. The number of hydrogen-bond acceptors (Lipinski definition) is 4. The van der Waals surface area contributed by atoms with E-state index in [4.69, 9.17) is 0 Å². The summed E-state index contributed by atoms with van der Waals surface area (Å²) in [7, 11) is 0. The molecular formula is C26H42N2O3. The first-order valence-corrected chi connectivity index (χ1v) is 12.9. The molecule has 0 aromatic heterocycles. The van der Waals surface area contributed by atoms with E-state index >= 15 is 0 Å². The lowest BCUT2D eigenvalue weighted by Crippen LogP contribution is -2.53. The minimum Gasteiger partial charge on any atom is -0.394 e. The number of amides is 1. The van der Waals surface area contributed by atoms with Gasteiger partial charge in [-0.15, -0.1) is 0 Å². The lowest BCUT2D eigenvalue weighted by atomic mass is 9.48. The molecule has 6 fully saturated rings. The molecular weight excluding hydrogens is 388 g/mol. The quantitative estimate of drug-likeness (QED) is 0.616. The maximum absolute atomic E-state index is 13.2. The van der Waals surface area contributed by atoms with E-state index in [-0.39, 0.29) is 12.5 Å². The predicted molar refractivity (Wildman–Crippen MR) is 120 cm³/mol. The van der Waals surface area contributed by atoms with Gasteiger partial charge in [0.25, 0.3) is 0 Å². The molecule has 0 aromatic rings. The van der Waals surface area contributed by atoms with Crippen LogP contribution in [0, 0.1) is 29.1 Å². The lowest BCUT2D eigenvalue weighted by Gasteiger charge is -2.56. The topological polar surface area (TPSA) is 69.6 Å². The normalized spacial score (nSPS) is 41.5. The zero-order valence-electron chi connectivity index (χ0n) is 19.6. The molecule has 2 heterocycles. The largest absolute Gasteiger partial charge is 0.394 e. The number of Topliss-reactive ketones (excluding diaryl/α,β-unsaturated/α-hetero) is 1. The van der Waals surface area contributed by atoms with E-state index in [1.807, 2.05) is 13.8 Å². The number of rotatable bonds is 8. The molecule has 2 N–H and O–H groups in total. The summed E-state index contributed by atoms with van der Waals surface area (Å²) in [5.41, 5.74) is -0.207. The van der Waals surface area contributed by atoms with E-state index in [0.717, 1.165) is 56.3 Å². The van der Waals surface area contributed by atoms with Gasteiger partial charge in [0.15, 0.2) is 0 Å². The molecule has 4 aliphatic carbocycles. The molecule has 1 unspecified atom stereocenters. The number of nitrogens with one attached hydrogen (secondary N) is 1. The highest BCUT2D eigenvalue weighted by Gasteiger charge is 2.51. The summed E-state index contributed by atoms with van der Waals surface area (Å²) in [6, 6.07) is 0.887. The van der Waals surface area contributed by atoms with Gasteiger partial charge in [-0.3, -0.25) is 14.5 Å². The highest BCUT2D eigenvalue weighted by Crippen LogP contribution is 2.61. The molecule has 4 saturated carbocycles. The van der Waals surface area contributed by atoms with Crippen LogP contribution in [-0.2, 0) is 9.59 Å². The van der Waals surface area contributed by atoms with Crippen LogP contribution in [0.4, 0.5) is 0 Å². The number of aliphatic hydroxyl groups is 1. The fraction of sp³-hybridized carbons (Fsp3) is 0.923. The third kappa shape index (κ3) is 4.59. The van der Waals surface area contributed by atoms with Gasteiger partial charge in [0.2, 0.25) is 5.91 Å². The maximum Gasteiger partial charge on any atom is 0.234 e. The average Bonchev–Trinajstić information content (AvgIpc) is 2.88. The predicted octanol–water partition coefficient (Wildman–Crippen LogP) is 3.68. The van der Waals surface area contributed by atoms with Crippen LogP contribution < -0.4 is 5.32 Å². The summed E-state index contributed by atoms with van der Waals surface area (Å²) in [4.78, 5) is 28.1. The number of fused-ring (bicyclic) bond motifs is 2. The SMILES string of the molecule is CC(C)(CO)NC(=O)CN1[C@@H]2CC[C@H]1CC(CC(=O)CC13CC4CC(CC(C4)C1)C3)C2. The van der Waals surface area contributed by atoms with Crippen molar-refractivity contribution in [2.45, 2.75) is 109 Å². The van der Waals surface area contributed by atoms with E-state index < -0.39 is 5.54 Å². The lowest BCUT2D eigenvalue weighted by molar-refractivity contribution is -0.130. The Morgan fingerprint density at radius 3 is 2.03 bits per heavy atom. The molecule has 5 nitrogen and oxygen atoms in total. The van der Waals surface area contributed by atoms with Crippen molar-refractivity contribution < 1.29 is 14.7 Å². The van der Waals surface area contributed by atoms with Gasteiger partial charge < -0.3 is 10.4 Å². The number of hydrogen-bond donors (Lipinski definition) is 2. The van der Waals surface area contributed by atoms with Crippen LogP contribution in [0.3, 0.4) is 0 Å². The van der Waals surface area contributed by atoms with Gasteiger partial charge in [-0.1, -0.05) is 0 Å².